The second-order valence-corrected chi connectivity index (χ2v) is 4.44. The van der Waals surface area contributed by atoms with Crippen molar-refractivity contribution < 1.29 is 9.66 Å². The lowest BCUT2D eigenvalue weighted by molar-refractivity contribution is -0.384. The first kappa shape index (κ1) is 13.6. The average molecular weight is 299 g/mol. The third-order valence-corrected chi connectivity index (χ3v) is 3.01. The summed E-state index contributed by atoms with van der Waals surface area (Å²) in [6.45, 7) is 0.232. The van der Waals surface area contributed by atoms with Crippen molar-refractivity contribution in [3.63, 3.8) is 0 Å². The lowest BCUT2D eigenvalue weighted by atomic mass is 10.3. The van der Waals surface area contributed by atoms with Crippen LogP contribution >= 0.6 is 23.2 Å². The van der Waals surface area contributed by atoms with Crippen LogP contribution in [0.5, 0.6) is 5.75 Å². The number of ether oxygens (including phenoxy) is 1. The quantitative estimate of drug-likeness (QED) is 0.635. The highest BCUT2D eigenvalue weighted by Gasteiger charge is 2.12. The predicted octanol–water partition coefficient (Wildman–Crippen LogP) is 3.88. The van der Waals surface area contributed by atoms with Crippen LogP contribution < -0.4 is 4.74 Å². The van der Waals surface area contributed by atoms with Crippen molar-refractivity contribution in [3.8, 4) is 5.75 Å². The molecule has 1 aromatic heterocycles. The molecule has 0 amide bonds. The van der Waals surface area contributed by atoms with Gasteiger partial charge in [-0.1, -0.05) is 23.2 Å². The number of hydrogen-bond donors (Lipinski definition) is 0. The Kier molecular flexibility index (Phi) is 4.19. The largest absolute Gasteiger partial charge is 0.489 e. The molecule has 0 fully saturated rings. The van der Waals surface area contributed by atoms with Gasteiger partial charge >= 0.3 is 0 Å². The van der Waals surface area contributed by atoms with Crippen LogP contribution in [0.2, 0.25) is 10.0 Å². The van der Waals surface area contributed by atoms with Crippen molar-refractivity contribution in [1.29, 1.82) is 0 Å². The van der Waals surface area contributed by atoms with Crippen molar-refractivity contribution in [1.82, 2.24) is 4.98 Å². The summed E-state index contributed by atoms with van der Waals surface area (Å²) in [5.41, 5.74) is 0.613. The van der Waals surface area contributed by atoms with Gasteiger partial charge in [-0.15, -0.1) is 0 Å². The molecule has 0 saturated carbocycles. The van der Waals surface area contributed by atoms with Crippen LogP contribution in [0.1, 0.15) is 5.56 Å². The van der Waals surface area contributed by atoms with E-state index >= 15 is 0 Å². The molecule has 98 valence electrons. The monoisotopic (exact) mass is 298 g/mol. The highest BCUT2D eigenvalue weighted by molar-refractivity contribution is 6.32. The Morgan fingerprint density at radius 1 is 1.26 bits per heavy atom. The number of halogens is 2. The van der Waals surface area contributed by atoms with E-state index in [0.29, 0.717) is 10.8 Å². The molecule has 0 aliphatic carbocycles. The van der Waals surface area contributed by atoms with Crippen LogP contribution in [-0.2, 0) is 6.61 Å². The van der Waals surface area contributed by atoms with E-state index in [1.54, 1.807) is 12.3 Å². The average Bonchev–Trinajstić information content (AvgIpc) is 2.37. The Labute approximate surface area is 118 Å². The van der Waals surface area contributed by atoms with E-state index in [-0.39, 0.29) is 17.3 Å². The fraction of sp³-hybridized carbons (Fsp3) is 0.0833. The number of nitro benzene ring substituents is 1. The molecule has 1 aromatic carbocycles. The molecule has 1 heterocycles. The van der Waals surface area contributed by atoms with Gasteiger partial charge in [0.2, 0.25) is 0 Å². The number of nitro groups is 1. The summed E-state index contributed by atoms with van der Waals surface area (Å²) in [7, 11) is 0. The third kappa shape index (κ3) is 3.33. The van der Waals surface area contributed by atoms with Gasteiger partial charge in [-0.05, 0) is 12.1 Å². The molecule has 0 radical (unpaired) electrons. The van der Waals surface area contributed by atoms with Crippen LogP contribution in [0.15, 0.2) is 36.7 Å². The molecule has 7 heteroatoms. The minimum absolute atomic E-state index is 0.0309. The Morgan fingerprint density at radius 3 is 2.68 bits per heavy atom. The fourth-order valence-electron chi connectivity index (χ4n) is 1.41. The van der Waals surface area contributed by atoms with Gasteiger partial charge in [-0.25, -0.2) is 0 Å². The molecule has 0 N–H and O–H groups in total. The molecule has 2 rings (SSSR count). The number of benzene rings is 1. The smallest absolute Gasteiger partial charge is 0.288 e. The number of rotatable bonds is 4. The molecule has 0 atom stereocenters. The second-order valence-electron chi connectivity index (χ2n) is 3.63. The molecule has 2 aromatic rings. The molecule has 0 bridgehead atoms. The van der Waals surface area contributed by atoms with E-state index in [4.69, 9.17) is 27.9 Å². The third-order valence-electron chi connectivity index (χ3n) is 2.37. The van der Waals surface area contributed by atoms with E-state index in [9.17, 15) is 10.1 Å². The van der Waals surface area contributed by atoms with Crippen LogP contribution in [0.3, 0.4) is 0 Å². The van der Waals surface area contributed by atoms with E-state index < -0.39 is 4.92 Å². The Bertz CT molecular complexity index is 620. The van der Waals surface area contributed by atoms with Crippen LogP contribution in [-0.4, -0.2) is 9.91 Å². The van der Waals surface area contributed by atoms with Crippen molar-refractivity contribution in [2.75, 3.05) is 0 Å². The molecule has 0 spiro atoms. The van der Waals surface area contributed by atoms with Gasteiger partial charge < -0.3 is 4.74 Å². The standard InChI is InChI=1S/C12H8Cl2N2O3/c13-10-5-9(1-2-12(10)16(17)18)19-7-8-3-4-15-6-11(8)14/h1-6H,7H2. The van der Waals surface area contributed by atoms with Gasteiger partial charge in [-0.2, -0.15) is 0 Å². The molecule has 0 saturated heterocycles. The van der Waals surface area contributed by atoms with Gasteiger partial charge in [0, 0.05) is 30.1 Å². The van der Waals surface area contributed by atoms with E-state index in [1.165, 1.54) is 24.4 Å². The summed E-state index contributed by atoms with van der Waals surface area (Å²) in [4.78, 5) is 13.9. The summed E-state index contributed by atoms with van der Waals surface area (Å²) < 4.78 is 5.47. The summed E-state index contributed by atoms with van der Waals surface area (Å²) in [6.07, 6.45) is 3.12. The maximum absolute atomic E-state index is 10.6. The van der Waals surface area contributed by atoms with E-state index in [0.717, 1.165) is 5.56 Å². The lowest BCUT2D eigenvalue weighted by Gasteiger charge is -2.07. The predicted molar refractivity (Wildman–Crippen MR) is 71.7 cm³/mol. The SMILES string of the molecule is O=[N+]([O-])c1ccc(OCc2ccncc2Cl)cc1Cl. The summed E-state index contributed by atoms with van der Waals surface area (Å²) >= 11 is 11.7. The fourth-order valence-corrected chi connectivity index (χ4v) is 1.82. The lowest BCUT2D eigenvalue weighted by Crippen LogP contribution is -1.97. The zero-order chi connectivity index (χ0) is 13.8. The maximum Gasteiger partial charge on any atom is 0.288 e. The van der Waals surface area contributed by atoms with Crippen LogP contribution in [0, 0.1) is 10.1 Å². The molecule has 0 aliphatic rings. The van der Waals surface area contributed by atoms with E-state index in [2.05, 4.69) is 4.98 Å². The molecule has 0 aliphatic heterocycles. The summed E-state index contributed by atoms with van der Waals surface area (Å²) in [5.74, 6) is 0.434. The van der Waals surface area contributed by atoms with Crippen molar-refractivity contribution in [2.45, 2.75) is 6.61 Å². The van der Waals surface area contributed by atoms with E-state index in [1.807, 2.05) is 0 Å². The Morgan fingerprint density at radius 2 is 2.05 bits per heavy atom. The summed E-state index contributed by atoms with van der Waals surface area (Å²) in [5, 5.41) is 11.1. The van der Waals surface area contributed by atoms with Gasteiger partial charge in [0.1, 0.15) is 17.4 Å². The highest BCUT2D eigenvalue weighted by Crippen LogP contribution is 2.29. The molecular weight excluding hydrogens is 291 g/mol. The molecule has 5 nitrogen and oxygen atoms in total. The molecule has 19 heavy (non-hydrogen) atoms. The van der Waals surface area contributed by atoms with Gasteiger partial charge in [0.25, 0.3) is 5.69 Å². The normalized spacial score (nSPS) is 10.2. The Balaban J connectivity index is 2.11. The van der Waals surface area contributed by atoms with Crippen molar-refractivity contribution >= 4 is 28.9 Å². The number of aromatic nitrogens is 1. The summed E-state index contributed by atoms with van der Waals surface area (Å²) in [6, 6.07) is 5.91. The second kappa shape index (κ2) is 5.86. The Hall–Kier alpha value is -1.85. The first-order valence-corrected chi connectivity index (χ1v) is 5.98. The first-order chi connectivity index (χ1) is 9.08. The number of nitrogens with zero attached hydrogens (tertiary/aromatic N) is 2. The van der Waals surface area contributed by atoms with Gasteiger partial charge in [0.05, 0.1) is 9.95 Å². The van der Waals surface area contributed by atoms with Gasteiger partial charge in [0.15, 0.2) is 0 Å². The van der Waals surface area contributed by atoms with Crippen LogP contribution in [0.25, 0.3) is 0 Å². The van der Waals surface area contributed by atoms with Crippen LogP contribution in [0.4, 0.5) is 5.69 Å². The highest BCUT2D eigenvalue weighted by atomic mass is 35.5. The first-order valence-electron chi connectivity index (χ1n) is 5.23. The molecular formula is C12H8Cl2N2O3. The van der Waals surface area contributed by atoms with Gasteiger partial charge in [-0.3, -0.25) is 15.1 Å². The number of pyridine rings is 1. The van der Waals surface area contributed by atoms with Crippen molar-refractivity contribution in [2.24, 2.45) is 0 Å². The zero-order valence-corrected chi connectivity index (χ0v) is 11.1. The number of hydrogen-bond acceptors (Lipinski definition) is 4. The topological polar surface area (TPSA) is 65.3 Å². The molecule has 0 unspecified atom stereocenters. The minimum atomic E-state index is -0.550. The maximum atomic E-state index is 10.6. The minimum Gasteiger partial charge on any atom is -0.489 e. The van der Waals surface area contributed by atoms with Crippen molar-refractivity contribution in [3.05, 3.63) is 62.4 Å². The zero-order valence-electron chi connectivity index (χ0n) is 9.55.